The lowest BCUT2D eigenvalue weighted by Crippen LogP contribution is -2.15. The third-order valence-corrected chi connectivity index (χ3v) is 2.75. The van der Waals surface area contributed by atoms with Crippen molar-refractivity contribution < 1.29 is 13.5 Å². The highest BCUT2D eigenvalue weighted by atomic mass is 35.5. The number of nitrogens with two attached hydrogens (primary N) is 1. The van der Waals surface area contributed by atoms with Crippen LogP contribution in [-0.2, 0) is 0 Å². The summed E-state index contributed by atoms with van der Waals surface area (Å²) >= 11 is 0. The molecule has 0 saturated heterocycles. The van der Waals surface area contributed by atoms with E-state index < -0.39 is 12.5 Å². The van der Waals surface area contributed by atoms with Crippen molar-refractivity contribution in [1.82, 2.24) is 0 Å². The number of hydrogen-bond acceptors (Lipinski definition) is 2. The van der Waals surface area contributed by atoms with Crippen LogP contribution < -0.4 is 10.5 Å². The highest BCUT2D eigenvalue weighted by Crippen LogP contribution is 2.30. The van der Waals surface area contributed by atoms with Crippen LogP contribution in [0.2, 0.25) is 0 Å². The zero-order chi connectivity index (χ0) is 13.0. The van der Waals surface area contributed by atoms with Gasteiger partial charge in [-0.2, -0.15) is 0 Å². The first-order valence-electron chi connectivity index (χ1n) is 5.67. The molecule has 0 unspecified atom stereocenters. The van der Waals surface area contributed by atoms with Crippen molar-refractivity contribution in [3.05, 3.63) is 29.3 Å². The maximum atomic E-state index is 12.3. The minimum Gasteiger partial charge on any atom is -0.496 e. The summed E-state index contributed by atoms with van der Waals surface area (Å²) in [6.07, 6.45) is -2.75. The minimum absolute atomic E-state index is 0. The van der Waals surface area contributed by atoms with Crippen LogP contribution in [0.5, 0.6) is 5.75 Å². The van der Waals surface area contributed by atoms with Gasteiger partial charge in [-0.15, -0.1) is 12.4 Å². The van der Waals surface area contributed by atoms with Crippen LogP contribution in [0.1, 0.15) is 43.4 Å². The molecule has 1 atom stereocenters. The summed E-state index contributed by atoms with van der Waals surface area (Å²) < 4.78 is 29.8. The number of halogens is 3. The predicted molar refractivity (Wildman–Crippen MR) is 71.9 cm³/mol. The second kappa shape index (κ2) is 7.54. The van der Waals surface area contributed by atoms with Gasteiger partial charge in [0.15, 0.2) is 0 Å². The monoisotopic (exact) mass is 279 g/mol. The smallest absolute Gasteiger partial charge is 0.240 e. The normalized spacial score (nSPS) is 12.4. The van der Waals surface area contributed by atoms with E-state index in [0.29, 0.717) is 17.2 Å². The van der Waals surface area contributed by atoms with Crippen LogP contribution in [0.4, 0.5) is 8.78 Å². The Morgan fingerprint density at radius 3 is 2.33 bits per heavy atom. The number of methoxy groups -OCH3 is 1. The molecule has 0 aliphatic carbocycles. The van der Waals surface area contributed by atoms with Gasteiger partial charge in [-0.05, 0) is 17.5 Å². The molecule has 18 heavy (non-hydrogen) atoms. The van der Waals surface area contributed by atoms with Crippen molar-refractivity contribution in [3.63, 3.8) is 0 Å². The fourth-order valence-corrected chi connectivity index (χ4v) is 1.72. The van der Waals surface area contributed by atoms with Crippen LogP contribution in [0.15, 0.2) is 18.2 Å². The number of rotatable bonds is 5. The lowest BCUT2D eigenvalue weighted by atomic mass is 9.96. The molecule has 0 saturated carbocycles. The molecule has 0 fully saturated rings. The van der Waals surface area contributed by atoms with Crippen LogP contribution in [0, 0.1) is 0 Å². The molecule has 5 heteroatoms. The van der Waals surface area contributed by atoms with Crippen LogP contribution in [0.25, 0.3) is 0 Å². The van der Waals surface area contributed by atoms with Crippen LogP contribution in [-0.4, -0.2) is 13.5 Å². The molecule has 1 rings (SSSR count). The summed E-state index contributed by atoms with van der Waals surface area (Å²) in [5, 5.41) is 0. The molecule has 1 aromatic carbocycles. The number of alkyl halides is 2. The van der Waals surface area contributed by atoms with Gasteiger partial charge in [0.2, 0.25) is 6.43 Å². The van der Waals surface area contributed by atoms with E-state index in [0.717, 1.165) is 5.56 Å². The molecule has 0 heterocycles. The topological polar surface area (TPSA) is 35.2 Å². The maximum Gasteiger partial charge on any atom is 0.240 e. The average molecular weight is 280 g/mol. The Labute approximate surface area is 113 Å². The van der Waals surface area contributed by atoms with E-state index in [-0.39, 0.29) is 18.8 Å². The minimum atomic E-state index is -2.41. The molecule has 0 spiro atoms. The van der Waals surface area contributed by atoms with Crippen molar-refractivity contribution in [3.8, 4) is 5.75 Å². The van der Waals surface area contributed by atoms with Gasteiger partial charge in [0, 0.05) is 18.0 Å². The summed E-state index contributed by atoms with van der Waals surface area (Å²) in [7, 11) is 1.52. The Kier molecular flexibility index (Phi) is 7.18. The van der Waals surface area contributed by atoms with Crippen molar-refractivity contribution in [2.24, 2.45) is 5.73 Å². The molecular formula is C13H20ClF2NO. The Hall–Kier alpha value is -0.870. The summed E-state index contributed by atoms with van der Waals surface area (Å²) in [5.41, 5.74) is 7.51. The van der Waals surface area contributed by atoms with E-state index in [4.69, 9.17) is 10.5 Å². The summed E-state index contributed by atoms with van der Waals surface area (Å²) in [5.74, 6) is 0.904. The van der Waals surface area contributed by atoms with Gasteiger partial charge in [0.25, 0.3) is 0 Å². The van der Waals surface area contributed by atoms with Crippen LogP contribution >= 0.6 is 12.4 Å². The van der Waals surface area contributed by atoms with E-state index in [9.17, 15) is 8.78 Å². The summed E-state index contributed by atoms with van der Waals surface area (Å²) in [6, 6.07) is 4.89. The molecule has 1 aromatic rings. The zero-order valence-corrected chi connectivity index (χ0v) is 11.6. The highest BCUT2D eigenvalue weighted by molar-refractivity contribution is 5.85. The first-order valence-corrected chi connectivity index (χ1v) is 5.67. The third kappa shape index (κ3) is 4.42. The molecule has 2 nitrogen and oxygen atoms in total. The van der Waals surface area contributed by atoms with Gasteiger partial charge in [-0.25, -0.2) is 8.78 Å². The average Bonchev–Trinajstić information content (AvgIpc) is 2.27. The van der Waals surface area contributed by atoms with E-state index in [1.54, 1.807) is 6.07 Å². The Bertz CT molecular complexity index is 372. The van der Waals surface area contributed by atoms with E-state index >= 15 is 0 Å². The number of hydrogen-bond donors (Lipinski definition) is 1. The second-order valence-electron chi connectivity index (χ2n) is 4.39. The largest absolute Gasteiger partial charge is 0.496 e. The highest BCUT2D eigenvalue weighted by Gasteiger charge is 2.17. The predicted octanol–water partition coefficient (Wildman–Crippen LogP) is 3.90. The van der Waals surface area contributed by atoms with Gasteiger partial charge in [0.05, 0.1) is 7.11 Å². The molecular weight excluding hydrogens is 260 g/mol. The van der Waals surface area contributed by atoms with Crippen molar-refractivity contribution >= 4 is 12.4 Å². The molecule has 0 amide bonds. The van der Waals surface area contributed by atoms with E-state index in [1.165, 1.54) is 7.11 Å². The van der Waals surface area contributed by atoms with Crippen molar-refractivity contribution in [2.45, 2.75) is 38.7 Å². The quantitative estimate of drug-likeness (QED) is 0.887. The van der Waals surface area contributed by atoms with Crippen LogP contribution in [0.3, 0.4) is 0 Å². The standard InChI is InChI=1S/C13H19F2NO.ClH/c1-8(2)9-4-5-12(17-3)10(6-9)11(16)7-13(14)15;/h4-6,8,11,13H,7,16H2,1-3H3;1H/t11-;/m0./s1. The van der Waals surface area contributed by atoms with Gasteiger partial charge >= 0.3 is 0 Å². The fraction of sp³-hybridized carbons (Fsp3) is 0.538. The summed E-state index contributed by atoms with van der Waals surface area (Å²) in [6.45, 7) is 4.09. The molecule has 0 bridgehead atoms. The molecule has 104 valence electrons. The maximum absolute atomic E-state index is 12.3. The molecule has 2 N–H and O–H groups in total. The number of benzene rings is 1. The van der Waals surface area contributed by atoms with Gasteiger partial charge in [-0.1, -0.05) is 26.0 Å². The third-order valence-electron chi connectivity index (χ3n) is 2.75. The summed E-state index contributed by atoms with van der Waals surface area (Å²) in [4.78, 5) is 0. The molecule has 0 aliphatic heterocycles. The first kappa shape index (κ1) is 17.1. The van der Waals surface area contributed by atoms with Gasteiger partial charge < -0.3 is 10.5 Å². The Morgan fingerprint density at radius 2 is 1.89 bits per heavy atom. The molecule has 0 radical (unpaired) electrons. The SMILES string of the molecule is COc1ccc(C(C)C)cc1[C@@H](N)CC(F)F.Cl. The Morgan fingerprint density at radius 1 is 1.28 bits per heavy atom. The number of ether oxygens (including phenoxy) is 1. The first-order chi connectivity index (χ1) is 7.95. The lowest BCUT2D eigenvalue weighted by Gasteiger charge is -2.17. The zero-order valence-electron chi connectivity index (χ0n) is 10.8. The van der Waals surface area contributed by atoms with E-state index in [2.05, 4.69) is 0 Å². The molecule has 0 aliphatic rings. The van der Waals surface area contributed by atoms with Gasteiger partial charge in [0.1, 0.15) is 5.75 Å². The van der Waals surface area contributed by atoms with Crippen molar-refractivity contribution in [2.75, 3.05) is 7.11 Å². The Balaban J connectivity index is 0.00000289. The fourth-order valence-electron chi connectivity index (χ4n) is 1.72. The van der Waals surface area contributed by atoms with E-state index in [1.807, 2.05) is 26.0 Å². The van der Waals surface area contributed by atoms with Crippen molar-refractivity contribution in [1.29, 1.82) is 0 Å². The van der Waals surface area contributed by atoms with Gasteiger partial charge in [-0.3, -0.25) is 0 Å². The molecule has 0 aromatic heterocycles. The lowest BCUT2D eigenvalue weighted by molar-refractivity contribution is 0.128. The second-order valence-corrected chi connectivity index (χ2v) is 4.39.